The molecule has 1 saturated heterocycles. The van der Waals surface area contributed by atoms with Gasteiger partial charge in [-0.3, -0.25) is 9.59 Å². The van der Waals surface area contributed by atoms with E-state index in [-0.39, 0.29) is 30.2 Å². The van der Waals surface area contributed by atoms with Crippen LogP contribution in [-0.2, 0) is 16.1 Å². The van der Waals surface area contributed by atoms with Crippen molar-refractivity contribution in [2.45, 2.75) is 19.6 Å². The fraction of sp³-hybridized carbons (Fsp3) is 0.368. The smallest absolute Gasteiger partial charge is 0.290 e. The summed E-state index contributed by atoms with van der Waals surface area (Å²) in [7, 11) is 3.16. The Labute approximate surface area is 152 Å². The van der Waals surface area contributed by atoms with Crippen LogP contribution in [0, 0.1) is 0 Å². The number of nitrogens with zero attached hydrogens (tertiary/aromatic N) is 2. The van der Waals surface area contributed by atoms with E-state index < -0.39 is 0 Å². The van der Waals surface area contributed by atoms with Gasteiger partial charge in [-0.25, -0.2) is 0 Å². The Balaban J connectivity index is 1.72. The Morgan fingerprint density at radius 1 is 1.19 bits per heavy atom. The molecule has 2 aromatic rings. The lowest BCUT2D eigenvalue weighted by Crippen LogP contribution is -2.57. The van der Waals surface area contributed by atoms with Crippen LogP contribution in [0.4, 0.5) is 5.69 Å². The number of amides is 2. The fourth-order valence-electron chi connectivity index (χ4n) is 2.99. The lowest BCUT2D eigenvalue weighted by Gasteiger charge is -2.39. The SMILES string of the molecule is COCc1ccc(C(=O)N2CC(=O)N(c3ccc(OC)cc3)CC2C)o1. The van der Waals surface area contributed by atoms with E-state index in [1.165, 1.54) is 4.90 Å². The Morgan fingerprint density at radius 2 is 1.92 bits per heavy atom. The van der Waals surface area contributed by atoms with Crippen molar-refractivity contribution in [2.24, 2.45) is 0 Å². The first-order valence-electron chi connectivity index (χ1n) is 8.36. The summed E-state index contributed by atoms with van der Waals surface area (Å²) in [6.45, 7) is 2.64. The number of anilines is 1. The molecule has 1 fully saturated rings. The summed E-state index contributed by atoms with van der Waals surface area (Å²) in [5.74, 6) is 1.10. The van der Waals surface area contributed by atoms with Crippen molar-refractivity contribution in [1.29, 1.82) is 0 Å². The van der Waals surface area contributed by atoms with E-state index >= 15 is 0 Å². The van der Waals surface area contributed by atoms with Crippen LogP contribution in [0.15, 0.2) is 40.8 Å². The minimum atomic E-state index is -0.289. The van der Waals surface area contributed by atoms with Crippen LogP contribution in [0.5, 0.6) is 5.75 Å². The second-order valence-corrected chi connectivity index (χ2v) is 6.18. The van der Waals surface area contributed by atoms with E-state index in [4.69, 9.17) is 13.9 Å². The van der Waals surface area contributed by atoms with Gasteiger partial charge in [-0.1, -0.05) is 0 Å². The molecule has 26 heavy (non-hydrogen) atoms. The molecule has 0 saturated carbocycles. The van der Waals surface area contributed by atoms with Crippen molar-refractivity contribution in [3.63, 3.8) is 0 Å². The Hall–Kier alpha value is -2.80. The highest BCUT2D eigenvalue weighted by molar-refractivity contribution is 6.01. The molecule has 0 aliphatic carbocycles. The van der Waals surface area contributed by atoms with Gasteiger partial charge in [0.25, 0.3) is 5.91 Å². The lowest BCUT2D eigenvalue weighted by atomic mass is 10.1. The predicted molar refractivity (Wildman–Crippen MR) is 95.3 cm³/mol. The average molecular weight is 358 g/mol. The van der Waals surface area contributed by atoms with Gasteiger partial charge in [0.2, 0.25) is 5.91 Å². The lowest BCUT2D eigenvalue weighted by molar-refractivity contribution is -0.121. The third-order valence-electron chi connectivity index (χ3n) is 4.39. The molecule has 2 heterocycles. The van der Waals surface area contributed by atoms with Gasteiger partial charge in [0.05, 0.1) is 7.11 Å². The Morgan fingerprint density at radius 3 is 2.58 bits per heavy atom. The number of carbonyl (C=O) groups excluding carboxylic acids is 2. The number of benzene rings is 1. The van der Waals surface area contributed by atoms with Crippen LogP contribution in [-0.4, -0.2) is 50.1 Å². The number of furan rings is 1. The summed E-state index contributed by atoms with van der Waals surface area (Å²) in [6, 6.07) is 10.5. The maximum absolute atomic E-state index is 12.7. The number of piperazine rings is 1. The number of carbonyl (C=O) groups is 2. The third-order valence-corrected chi connectivity index (χ3v) is 4.39. The number of rotatable bonds is 5. The Bertz CT molecular complexity index is 783. The van der Waals surface area contributed by atoms with E-state index in [0.29, 0.717) is 18.9 Å². The van der Waals surface area contributed by atoms with Crippen molar-refractivity contribution < 1.29 is 23.5 Å². The topological polar surface area (TPSA) is 72.2 Å². The number of hydrogen-bond donors (Lipinski definition) is 0. The number of methoxy groups -OCH3 is 2. The molecule has 0 bridgehead atoms. The first kappa shape index (κ1) is 18.0. The van der Waals surface area contributed by atoms with E-state index in [2.05, 4.69) is 0 Å². The molecule has 0 spiro atoms. The summed E-state index contributed by atoms with van der Waals surface area (Å²) in [5, 5.41) is 0. The van der Waals surface area contributed by atoms with Crippen LogP contribution in [0.25, 0.3) is 0 Å². The van der Waals surface area contributed by atoms with Crippen molar-refractivity contribution in [1.82, 2.24) is 4.90 Å². The highest BCUT2D eigenvalue weighted by atomic mass is 16.5. The minimum absolute atomic E-state index is 0.00629. The van der Waals surface area contributed by atoms with E-state index in [1.807, 2.05) is 31.2 Å². The van der Waals surface area contributed by atoms with Crippen molar-refractivity contribution in [3.05, 3.63) is 47.9 Å². The van der Waals surface area contributed by atoms with Crippen LogP contribution in [0.3, 0.4) is 0 Å². The fourth-order valence-corrected chi connectivity index (χ4v) is 2.99. The standard InChI is InChI=1S/C19H22N2O5/c1-13-10-21(14-4-6-15(25-3)7-5-14)18(22)11-20(13)19(23)17-9-8-16(26-17)12-24-2/h4-9,13H,10-12H2,1-3H3. The highest BCUT2D eigenvalue weighted by Gasteiger charge is 2.34. The average Bonchev–Trinajstić information content (AvgIpc) is 3.12. The molecule has 2 amide bonds. The van der Waals surface area contributed by atoms with Crippen molar-refractivity contribution >= 4 is 17.5 Å². The van der Waals surface area contributed by atoms with Crippen LogP contribution in [0.1, 0.15) is 23.2 Å². The largest absolute Gasteiger partial charge is 0.497 e. The Kier molecular flexibility index (Phi) is 5.27. The first-order chi connectivity index (χ1) is 12.5. The highest BCUT2D eigenvalue weighted by Crippen LogP contribution is 2.24. The van der Waals surface area contributed by atoms with E-state index in [1.54, 1.807) is 31.3 Å². The summed E-state index contributed by atoms with van der Waals surface area (Å²) < 4.78 is 15.6. The zero-order valence-electron chi connectivity index (χ0n) is 15.1. The second kappa shape index (κ2) is 7.61. The molecule has 1 atom stereocenters. The van der Waals surface area contributed by atoms with Gasteiger partial charge in [-0.15, -0.1) is 0 Å². The van der Waals surface area contributed by atoms with E-state index in [9.17, 15) is 9.59 Å². The molecule has 1 aliphatic rings. The quantitative estimate of drug-likeness (QED) is 0.820. The predicted octanol–water partition coefficient (Wildman–Crippen LogP) is 2.31. The zero-order valence-corrected chi connectivity index (χ0v) is 15.1. The van der Waals surface area contributed by atoms with Crippen LogP contribution < -0.4 is 9.64 Å². The molecular formula is C19H22N2O5. The maximum atomic E-state index is 12.7. The van der Waals surface area contributed by atoms with Gasteiger partial charge in [-0.2, -0.15) is 0 Å². The maximum Gasteiger partial charge on any atom is 0.290 e. The summed E-state index contributed by atoms with van der Waals surface area (Å²) in [5.41, 5.74) is 0.787. The number of ether oxygens (including phenoxy) is 2. The normalized spacial score (nSPS) is 17.5. The summed E-state index contributed by atoms with van der Waals surface area (Å²) >= 11 is 0. The molecular weight excluding hydrogens is 336 g/mol. The van der Waals surface area contributed by atoms with Gasteiger partial charge in [0.15, 0.2) is 5.76 Å². The molecule has 0 radical (unpaired) electrons. The van der Waals surface area contributed by atoms with Gasteiger partial charge in [-0.05, 0) is 43.3 Å². The zero-order chi connectivity index (χ0) is 18.7. The molecule has 7 heteroatoms. The van der Waals surface area contributed by atoms with Gasteiger partial charge in [0.1, 0.15) is 24.7 Å². The molecule has 1 aromatic carbocycles. The van der Waals surface area contributed by atoms with Crippen LogP contribution in [0.2, 0.25) is 0 Å². The number of hydrogen-bond acceptors (Lipinski definition) is 5. The third kappa shape index (κ3) is 3.57. The molecule has 1 aromatic heterocycles. The molecule has 138 valence electrons. The monoisotopic (exact) mass is 358 g/mol. The molecule has 1 unspecified atom stereocenters. The van der Waals surface area contributed by atoms with Crippen molar-refractivity contribution in [2.75, 3.05) is 32.2 Å². The summed E-state index contributed by atoms with van der Waals surface area (Å²) in [4.78, 5) is 28.5. The molecule has 7 nitrogen and oxygen atoms in total. The second-order valence-electron chi connectivity index (χ2n) is 6.18. The van der Waals surface area contributed by atoms with Gasteiger partial charge in [0, 0.05) is 25.4 Å². The summed E-state index contributed by atoms with van der Waals surface area (Å²) in [6.07, 6.45) is 0. The van der Waals surface area contributed by atoms with Gasteiger partial charge >= 0.3 is 0 Å². The van der Waals surface area contributed by atoms with Gasteiger partial charge < -0.3 is 23.7 Å². The van der Waals surface area contributed by atoms with E-state index in [0.717, 1.165) is 11.4 Å². The van der Waals surface area contributed by atoms with Crippen LogP contribution >= 0.6 is 0 Å². The molecule has 1 aliphatic heterocycles. The first-order valence-corrected chi connectivity index (χ1v) is 8.36. The molecule has 3 rings (SSSR count). The molecule has 0 N–H and O–H groups in total. The van der Waals surface area contributed by atoms with Crippen molar-refractivity contribution in [3.8, 4) is 5.75 Å². The minimum Gasteiger partial charge on any atom is -0.497 e.